The van der Waals surface area contributed by atoms with E-state index < -0.39 is 11.7 Å². The number of amides is 1. The third-order valence-corrected chi connectivity index (χ3v) is 3.74. The molecule has 23 heavy (non-hydrogen) atoms. The predicted octanol–water partition coefficient (Wildman–Crippen LogP) is 4.06. The fourth-order valence-electron chi connectivity index (χ4n) is 1.96. The zero-order chi connectivity index (χ0) is 17.0. The van der Waals surface area contributed by atoms with Crippen LogP contribution in [0.3, 0.4) is 0 Å². The van der Waals surface area contributed by atoms with E-state index in [2.05, 4.69) is 5.32 Å². The van der Waals surface area contributed by atoms with Gasteiger partial charge in [-0.1, -0.05) is 23.7 Å². The molecule has 0 bridgehead atoms. The van der Waals surface area contributed by atoms with Gasteiger partial charge in [-0.05, 0) is 55.3 Å². The topological polar surface area (TPSA) is 66.4 Å². The predicted molar refractivity (Wildman–Crippen MR) is 91.6 cm³/mol. The Morgan fingerprint density at radius 2 is 1.74 bits per heavy atom. The summed E-state index contributed by atoms with van der Waals surface area (Å²) < 4.78 is 0. The van der Waals surface area contributed by atoms with Crippen LogP contribution in [0, 0.1) is 13.8 Å². The molecule has 118 valence electrons. The molecule has 2 aromatic rings. The Balaban J connectivity index is 2.13. The van der Waals surface area contributed by atoms with Gasteiger partial charge in [-0.25, -0.2) is 0 Å². The zero-order valence-corrected chi connectivity index (χ0v) is 13.5. The van der Waals surface area contributed by atoms with E-state index in [1.807, 2.05) is 19.9 Å². The van der Waals surface area contributed by atoms with Gasteiger partial charge in [-0.3, -0.25) is 9.59 Å². The number of hydrogen-bond donors (Lipinski definition) is 2. The molecule has 0 atom stereocenters. The number of halogens is 1. The lowest BCUT2D eigenvalue weighted by molar-refractivity contribution is -0.131. The van der Waals surface area contributed by atoms with E-state index in [0.717, 1.165) is 17.2 Å². The lowest BCUT2D eigenvalue weighted by atomic mass is 10.1. The van der Waals surface area contributed by atoms with Gasteiger partial charge in [0.15, 0.2) is 0 Å². The van der Waals surface area contributed by atoms with E-state index in [4.69, 9.17) is 11.6 Å². The zero-order valence-electron chi connectivity index (χ0n) is 12.8. The van der Waals surface area contributed by atoms with Crippen LogP contribution in [-0.2, 0) is 9.59 Å². The maximum atomic E-state index is 12.0. The lowest BCUT2D eigenvalue weighted by Gasteiger charge is -2.09. The highest BCUT2D eigenvalue weighted by Gasteiger charge is 2.14. The molecule has 2 rings (SSSR count). The Morgan fingerprint density at radius 3 is 2.39 bits per heavy atom. The number of ketones is 1. The maximum Gasteiger partial charge on any atom is 0.296 e. The van der Waals surface area contributed by atoms with Crippen molar-refractivity contribution in [1.29, 1.82) is 0 Å². The number of nitrogens with one attached hydrogen (secondary N) is 1. The Labute approximate surface area is 139 Å². The minimum absolute atomic E-state index is 0.289. The van der Waals surface area contributed by atoms with Crippen molar-refractivity contribution in [2.45, 2.75) is 13.8 Å². The number of aliphatic hydroxyl groups is 1. The molecule has 0 heterocycles. The van der Waals surface area contributed by atoms with Crippen LogP contribution >= 0.6 is 11.6 Å². The molecule has 2 N–H and O–H groups in total. The molecule has 0 unspecified atom stereocenters. The third-order valence-electron chi connectivity index (χ3n) is 3.48. The molecular weight excluding hydrogens is 314 g/mol. The van der Waals surface area contributed by atoms with Crippen LogP contribution in [0.1, 0.15) is 16.7 Å². The smallest absolute Gasteiger partial charge is 0.296 e. The minimum Gasteiger partial charge on any atom is -0.507 e. The highest BCUT2D eigenvalue weighted by molar-refractivity contribution is 6.45. The van der Waals surface area contributed by atoms with Crippen LogP contribution in [0.2, 0.25) is 5.02 Å². The summed E-state index contributed by atoms with van der Waals surface area (Å²) in [7, 11) is 0. The van der Waals surface area contributed by atoms with Crippen LogP contribution in [0.5, 0.6) is 0 Å². The molecule has 0 fully saturated rings. The van der Waals surface area contributed by atoms with Crippen molar-refractivity contribution in [3.8, 4) is 0 Å². The van der Waals surface area contributed by atoms with Gasteiger partial charge in [0, 0.05) is 22.3 Å². The van der Waals surface area contributed by atoms with Crippen molar-refractivity contribution in [2.24, 2.45) is 0 Å². The van der Waals surface area contributed by atoms with Crippen LogP contribution in [0.4, 0.5) is 5.69 Å². The molecule has 0 saturated heterocycles. The van der Waals surface area contributed by atoms with Crippen LogP contribution in [0.25, 0.3) is 5.76 Å². The van der Waals surface area contributed by atoms with Crippen molar-refractivity contribution >= 4 is 34.7 Å². The van der Waals surface area contributed by atoms with E-state index in [9.17, 15) is 14.7 Å². The Bertz CT molecular complexity index is 779. The van der Waals surface area contributed by atoms with Gasteiger partial charge in [0.1, 0.15) is 5.76 Å². The standard InChI is InChI=1S/C18H16ClNO3/c1-11-4-3-5-15(12(11)2)20-18(23)17(22)10-16(21)13-6-8-14(19)9-7-13/h3-10,21H,1-2H3,(H,20,23). The molecule has 0 saturated carbocycles. The van der Waals surface area contributed by atoms with E-state index in [1.165, 1.54) is 0 Å². The Hall–Kier alpha value is -2.59. The third kappa shape index (κ3) is 4.20. The number of hydrogen-bond acceptors (Lipinski definition) is 3. The van der Waals surface area contributed by atoms with Crippen LogP contribution < -0.4 is 5.32 Å². The molecule has 1 amide bonds. The monoisotopic (exact) mass is 329 g/mol. The summed E-state index contributed by atoms with van der Waals surface area (Å²) in [6, 6.07) is 11.7. The first kappa shape index (κ1) is 16.8. The van der Waals surface area contributed by atoms with Gasteiger partial charge in [-0.2, -0.15) is 0 Å². The van der Waals surface area contributed by atoms with E-state index >= 15 is 0 Å². The SMILES string of the molecule is Cc1cccc(NC(=O)C(=O)C=C(O)c2ccc(Cl)cc2)c1C. The summed E-state index contributed by atoms with van der Waals surface area (Å²) in [6.45, 7) is 3.77. The van der Waals surface area contributed by atoms with Gasteiger partial charge in [0.2, 0.25) is 5.78 Å². The van der Waals surface area contributed by atoms with Crippen molar-refractivity contribution in [3.63, 3.8) is 0 Å². The molecule has 0 aliphatic carbocycles. The molecule has 0 aliphatic rings. The average Bonchev–Trinajstić information content (AvgIpc) is 2.52. The van der Waals surface area contributed by atoms with Gasteiger partial charge in [0.25, 0.3) is 5.91 Å². The molecule has 2 aromatic carbocycles. The molecule has 0 spiro atoms. The minimum atomic E-state index is -0.835. The fourth-order valence-corrected chi connectivity index (χ4v) is 2.09. The first-order chi connectivity index (χ1) is 10.9. The molecule has 0 radical (unpaired) electrons. The van der Waals surface area contributed by atoms with Crippen molar-refractivity contribution in [3.05, 3.63) is 70.3 Å². The molecule has 5 heteroatoms. The van der Waals surface area contributed by atoms with Gasteiger partial charge >= 0.3 is 0 Å². The van der Waals surface area contributed by atoms with Gasteiger partial charge in [0.05, 0.1) is 0 Å². The first-order valence-electron chi connectivity index (χ1n) is 6.96. The second-order valence-corrected chi connectivity index (χ2v) is 5.54. The normalized spacial score (nSPS) is 11.2. The largest absolute Gasteiger partial charge is 0.507 e. The summed E-state index contributed by atoms with van der Waals surface area (Å²) >= 11 is 5.76. The quantitative estimate of drug-likeness (QED) is 0.505. The summed E-state index contributed by atoms with van der Waals surface area (Å²) in [6.07, 6.45) is 0.893. The van der Waals surface area contributed by atoms with E-state index in [1.54, 1.807) is 36.4 Å². The van der Waals surface area contributed by atoms with Gasteiger partial charge in [-0.15, -0.1) is 0 Å². The highest BCUT2D eigenvalue weighted by Crippen LogP contribution is 2.18. The summed E-state index contributed by atoms with van der Waals surface area (Å²) in [5, 5.41) is 13.0. The first-order valence-corrected chi connectivity index (χ1v) is 7.34. The van der Waals surface area contributed by atoms with Gasteiger partial charge < -0.3 is 10.4 Å². The Morgan fingerprint density at radius 1 is 1.09 bits per heavy atom. The lowest BCUT2D eigenvalue weighted by Crippen LogP contribution is -2.21. The summed E-state index contributed by atoms with van der Waals surface area (Å²) in [5.41, 5.74) is 2.87. The number of aryl methyl sites for hydroxylation is 1. The molecular formula is C18H16ClNO3. The van der Waals surface area contributed by atoms with Crippen LogP contribution in [0.15, 0.2) is 48.5 Å². The summed E-state index contributed by atoms with van der Waals surface area (Å²) in [4.78, 5) is 23.9. The number of benzene rings is 2. The molecule has 4 nitrogen and oxygen atoms in total. The number of rotatable bonds is 4. The Kier molecular flexibility index (Phi) is 5.19. The highest BCUT2D eigenvalue weighted by atomic mass is 35.5. The molecule has 0 aliphatic heterocycles. The second-order valence-electron chi connectivity index (χ2n) is 5.10. The summed E-state index contributed by atoms with van der Waals surface area (Å²) in [5.74, 6) is -1.93. The van der Waals surface area contributed by atoms with E-state index in [0.29, 0.717) is 16.3 Å². The number of anilines is 1. The number of carbonyl (C=O) groups excluding carboxylic acids is 2. The number of carbonyl (C=O) groups is 2. The van der Waals surface area contributed by atoms with Crippen LogP contribution in [-0.4, -0.2) is 16.8 Å². The van der Waals surface area contributed by atoms with Crippen molar-refractivity contribution < 1.29 is 14.7 Å². The second kappa shape index (κ2) is 7.11. The molecule has 0 aromatic heterocycles. The number of aliphatic hydroxyl groups excluding tert-OH is 1. The van der Waals surface area contributed by atoms with E-state index in [-0.39, 0.29) is 5.76 Å². The average molecular weight is 330 g/mol. The fraction of sp³-hybridized carbons (Fsp3) is 0.111. The van der Waals surface area contributed by atoms with Crippen molar-refractivity contribution in [2.75, 3.05) is 5.32 Å². The van der Waals surface area contributed by atoms with Crippen molar-refractivity contribution in [1.82, 2.24) is 0 Å². The maximum absolute atomic E-state index is 12.0.